The molecule has 0 saturated carbocycles. The highest BCUT2D eigenvalue weighted by Gasteiger charge is 2.52. The predicted molar refractivity (Wildman–Crippen MR) is 132 cm³/mol. The third-order valence-electron chi connectivity index (χ3n) is 7.11. The van der Waals surface area contributed by atoms with E-state index >= 15 is 0 Å². The first kappa shape index (κ1) is 19.6. The van der Waals surface area contributed by atoms with Gasteiger partial charge in [-0.15, -0.1) is 0 Å². The molecule has 0 atom stereocenters. The maximum absolute atomic E-state index is 6.64. The number of hydrogen-bond donors (Lipinski definition) is 0. The normalized spacial score (nSPS) is 17.6. The quantitative estimate of drug-likeness (QED) is 0.298. The summed E-state index contributed by atoms with van der Waals surface area (Å²) < 4.78 is 19.6. The van der Waals surface area contributed by atoms with E-state index in [1.165, 1.54) is 0 Å². The van der Waals surface area contributed by atoms with E-state index in [0.29, 0.717) is 0 Å². The Bertz CT molecular complexity index is 1460. The van der Waals surface area contributed by atoms with Crippen LogP contribution < -0.4 is 5.46 Å². The predicted octanol–water partition coefficient (Wildman–Crippen LogP) is 6.71. The zero-order valence-corrected chi connectivity index (χ0v) is 18.8. The van der Waals surface area contributed by atoms with Gasteiger partial charge in [-0.3, -0.25) is 0 Å². The largest absolute Gasteiger partial charge is 0.495 e. The molecule has 0 amide bonds. The fraction of sp³-hybridized carbons (Fsp3) is 0.214. The average Bonchev–Trinajstić information content (AvgIpc) is 3.28. The molecule has 0 bridgehead atoms. The van der Waals surface area contributed by atoms with E-state index < -0.39 is 18.3 Å². The van der Waals surface area contributed by atoms with Crippen LogP contribution in [0, 0.1) is 0 Å². The molecule has 2 heterocycles. The monoisotopic (exact) mass is 420 g/mol. The molecule has 1 saturated heterocycles. The number of fused-ring (bicyclic) bond motifs is 5. The van der Waals surface area contributed by atoms with Gasteiger partial charge in [0.15, 0.2) is 0 Å². The lowest BCUT2D eigenvalue weighted by molar-refractivity contribution is 0.00578. The highest BCUT2D eigenvalue weighted by Crippen LogP contribution is 2.41. The smallest absolute Gasteiger partial charge is 0.455 e. The molecule has 4 aromatic carbocycles. The van der Waals surface area contributed by atoms with Crippen LogP contribution in [0.2, 0.25) is 0 Å². The highest BCUT2D eigenvalue weighted by atomic mass is 16.7. The lowest BCUT2D eigenvalue weighted by atomic mass is 9.75. The molecule has 3 nitrogen and oxygen atoms in total. The van der Waals surface area contributed by atoms with Crippen LogP contribution in [0.1, 0.15) is 27.7 Å². The van der Waals surface area contributed by atoms with Gasteiger partial charge >= 0.3 is 7.12 Å². The Morgan fingerprint density at radius 3 is 2.06 bits per heavy atom. The summed E-state index contributed by atoms with van der Waals surface area (Å²) in [5.41, 5.74) is 4.19. The molecule has 1 aromatic heterocycles. The van der Waals surface area contributed by atoms with Crippen LogP contribution in [0.25, 0.3) is 43.8 Å². The summed E-state index contributed by atoms with van der Waals surface area (Å²) >= 11 is 0. The Hall–Kier alpha value is -3.08. The first-order valence-electron chi connectivity index (χ1n) is 11.1. The lowest BCUT2D eigenvalue weighted by Gasteiger charge is -2.32. The van der Waals surface area contributed by atoms with E-state index in [0.717, 1.165) is 49.3 Å². The van der Waals surface area contributed by atoms with Crippen molar-refractivity contribution in [2.75, 3.05) is 0 Å². The van der Waals surface area contributed by atoms with Crippen molar-refractivity contribution >= 4 is 45.3 Å². The fourth-order valence-corrected chi connectivity index (χ4v) is 4.67. The maximum atomic E-state index is 6.64. The lowest BCUT2D eigenvalue weighted by Crippen LogP contribution is -2.41. The summed E-state index contributed by atoms with van der Waals surface area (Å²) in [5.74, 6) is 0. The minimum Gasteiger partial charge on any atom is -0.455 e. The van der Waals surface area contributed by atoms with Crippen LogP contribution in [0.5, 0.6) is 0 Å². The van der Waals surface area contributed by atoms with E-state index in [1.54, 1.807) is 0 Å². The van der Waals surface area contributed by atoms with Crippen LogP contribution in [0.15, 0.2) is 83.3 Å². The molecule has 32 heavy (non-hydrogen) atoms. The summed E-state index contributed by atoms with van der Waals surface area (Å²) in [7, 11) is -0.465. The van der Waals surface area contributed by atoms with Gasteiger partial charge in [-0.05, 0) is 44.1 Å². The summed E-state index contributed by atoms with van der Waals surface area (Å²) in [4.78, 5) is 0. The van der Waals surface area contributed by atoms with Crippen molar-refractivity contribution in [2.45, 2.75) is 38.9 Å². The standard InChI is InChI=1S/C28H25BO3/c1-27(2)28(3,4)32-29(31-27)23-17-19-13-8-9-14-21(19)26-24(23)22-16-10-15-20(25(22)30-26)18-11-6-5-7-12-18/h5-17H,1-4H3. The van der Waals surface area contributed by atoms with Gasteiger partial charge in [-0.1, -0.05) is 78.9 Å². The van der Waals surface area contributed by atoms with Crippen molar-refractivity contribution in [1.29, 1.82) is 0 Å². The van der Waals surface area contributed by atoms with Crippen LogP contribution in [0.3, 0.4) is 0 Å². The van der Waals surface area contributed by atoms with E-state index in [9.17, 15) is 0 Å². The van der Waals surface area contributed by atoms with Gasteiger partial charge in [-0.25, -0.2) is 0 Å². The summed E-state index contributed by atoms with van der Waals surface area (Å²) in [6.07, 6.45) is 0. The average molecular weight is 420 g/mol. The van der Waals surface area contributed by atoms with Gasteiger partial charge in [0.2, 0.25) is 0 Å². The van der Waals surface area contributed by atoms with E-state index in [2.05, 4.69) is 100 Å². The number of furan rings is 1. The second-order valence-corrected chi connectivity index (χ2v) is 9.63. The Morgan fingerprint density at radius 1 is 0.656 bits per heavy atom. The van der Waals surface area contributed by atoms with Gasteiger partial charge in [0.05, 0.1) is 11.2 Å². The zero-order chi connectivity index (χ0) is 22.1. The number of rotatable bonds is 2. The van der Waals surface area contributed by atoms with Gasteiger partial charge in [0.1, 0.15) is 11.2 Å². The van der Waals surface area contributed by atoms with Crippen LogP contribution in [-0.2, 0) is 9.31 Å². The molecule has 158 valence electrons. The molecule has 0 N–H and O–H groups in total. The number of hydrogen-bond acceptors (Lipinski definition) is 3. The van der Waals surface area contributed by atoms with E-state index in [-0.39, 0.29) is 0 Å². The van der Waals surface area contributed by atoms with Gasteiger partial charge in [0, 0.05) is 21.7 Å². The summed E-state index contributed by atoms with van der Waals surface area (Å²) in [6.45, 7) is 8.36. The Kier molecular flexibility index (Phi) is 4.11. The highest BCUT2D eigenvalue weighted by molar-refractivity contribution is 6.66. The number of para-hydroxylation sites is 1. The van der Waals surface area contributed by atoms with Crippen LogP contribution >= 0.6 is 0 Å². The van der Waals surface area contributed by atoms with Crippen LogP contribution in [-0.4, -0.2) is 18.3 Å². The molecule has 1 aliphatic rings. The van der Waals surface area contributed by atoms with Crippen molar-refractivity contribution in [3.63, 3.8) is 0 Å². The van der Waals surface area contributed by atoms with Crippen molar-refractivity contribution in [2.24, 2.45) is 0 Å². The van der Waals surface area contributed by atoms with Crippen molar-refractivity contribution in [3.05, 3.63) is 78.9 Å². The van der Waals surface area contributed by atoms with Gasteiger partial charge < -0.3 is 13.7 Å². The molecule has 5 aromatic rings. The van der Waals surface area contributed by atoms with Gasteiger partial charge in [0.25, 0.3) is 0 Å². The molecule has 0 aliphatic carbocycles. The summed E-state index contributed by atoms with van der Waals surface area (Å²) in [5, 5.41) is 4.36. The van der Waals surface area contributed by atoms with Crippen molar-refractivity contribution in [3.8, 4) is 11.1 Å². The minimum absolute atomic E-state index is 0.412. The Labute approximate surface area is 188 Å². The first-order valence-corrected chi connectivity index (χ1v) is 11.1. The Balaban J connectivity index is 1.70. The molecule has 0 unspecified atom stereocenters. The SMILES string of the molecule is CC1(C)OB(c2cc3ccccc3c3oc4c(-c5ccccc5)cccc4c23)OC1(C)C. The second kappa shape index (κ2) is 6.71. The summed E-state index contributed by atoms with van der Waals surface area (Å²) in [6, 6.07) is 27.3. The molecule has 4 heteroatoms. The minimum atomic E-state index is -0.465. The van der Waals surface area contributed by atoms with E-state index in [1.807, 2.05) is 6.07 Å². The van der Waals surface area contributed by atoms with E-state index in [4.69, 9.17) is 13.7 Å². The molecular weight excluding hydrogens is 395 g/mol. The molecule has 1 aliphatic heterocycles. The zero-order valence-electron chi connectivity index (χ0n) is 18.8. The molecular formula is C28H25BO3. The third-order valence-corrected chi connectivity index (χ3v) is 7.11. The molecule has 6 rings (SSSR count). The van der Waals surface area contributed by atoms with Crippen molar-refractivity contribution < 1.29 is 13.7 Å². The fourth-order valence-electron chi connectivity index (χ4n) is 4.67. The molecule has 0 spiro atoms. The maximum Gasteiger partial charge on any atom is 0.495 e. The van der Waals surface area contributed by atoms with Gasteiger partial charge in [-0.2, -0.15) is 0 Å². The molecule has 1 fully saturated rings. The second-order valence-electron chi connectivity index (χ2n) is 9.63. The van der Waals surface area contributed by atoms with Crippen LogP contribution in [0.4, 0.5) is 0 Å². The number of benzene rings is 4. The van der Waals surface area contributed by atoms with Crippen molar-refractivity contribution in [1.82, 2.24) is 0 Å². The topological polar surface area (TPSA) is 31.6 Å². The molecule has 0 radical (unpaired) electrons. The first-order chi connectivity index (χ1) is 15.4. The third kappa shape index (κ3) is 2.76. The Morgan fingerprint density at radius 2 is 1.31 bits per heavy atom.